The molecule has 0 bridgehead atoms. The van der Waals surface area contributed by atoms with Gasteiger partial charge in [-0.15, -0.1) is 0 Å². The molecule has 1 aromatic carbocycles. The monoisotopic (exact) mass is 275 g/mol. The molecule has 2 nitrogen and oxygen atoms in total. The minimum atomic E-state index is 0.730. The average molecular weight is 275 g/mol. The third-order valence-electron chi connectivity index (χ3n) is 4.37. The minimum absolute atomic E-state index is 0.730. The topological polar surface area (TPSA) is 21.3 Å². The van der Waals surface area contributed by atoms with Gasteiger partial charge in [-0.25, -0.2) is 0 Å². The van der Waals surface area contributed by atoms with Gasteiger partial charge in [-0.05, 0) is 55.8 Å². The molecule has 0 radical (unpaired) electrons. The highest BCUT2D eigenvalue weighted by molar-refractivity contribution is 5.28. The lowest BCUT2D eigenvalue weighted by atomic mass is 9.91. The number of nitrogens with one attached hydrogen (secondary N) is 1. The van der Waals surface area contributed by atoms with Gasteiger partial charge in [-0.2, -0.15) is 0 Å². The molecule has 0 heterocycles. The first-order chi connectivity index (χ1) is 9.81. The van der Waals surface area contributed by atoms with Gasteiger partial charge in [0.2, 0.25) is 0 Å². The van der Waals surface area contributed by atoms with Gasteiger partial charge in [-0.3, -0.25) is 0 Å². The van der Waals surface area contributed by atoms with E-state index < -0.39 is 0 Å². The van der Waals surface area contributed by atoms with Gasteiger partial charge < -0.3 is 10.1 Å². The largest absolute Gasteiger partial charge is 0.497 e. The first-order valence-electron chi connectivity index (χ1n) is 8.18. The highest BCUT2D eigenvalue weighted by Gasteiger charge is 2.20. The quantitative estimate of drug-likeness (QED) is 0.786. The Morgan fingerprint density at radius 2 is 2.10 bits per heavy atom. The summed E-state index contributed by atoms with van der Waals surface area (Å²) >= 11 is 0. The van der Waals surface area contributed by atoms with E-state index in [1.165, 1.54) is 50.5 Å². The van der Waals surface area contributed by atoms with Crippen LogP contribution in [0.5, 0.6) is 5.75 Å². The lowest BCUT2D eigenvalue weighted by molar-refractivity contribution is 0.383. The summed E-state index contributed by atoms with van der Waals surface area (Å²) in [6.07, 6.45) is 9.26. The maximum Gasteiger partial charge on any atom is 0.119 e. The van der Waals surface area contributed by atoms with E-state index in [0.29, 0.717) is 0 Å². The molecule has 0 saturated heterocycles. The van der Waals surface area contributed by atoms with Crippen LogP contribution in [0.4, 0.5) is 0 Å². The van der Waals surface area contributed by atoms with Crippen molar-refractivity contribution in [2.75, 3.05) is 13.7 Å². The van der Waals surface area contributed by atoms with Crippen molar-refractivity contribution < 1.29 is 4.74 Å². The third-order valence-corrected chi connectivity index (χ3v) is 4.37. The maximum atomic E-state index is 5.33. The lowest BCUT2D eigenvalue weighted by Crippen LogP contribution is -2.31. The molecule has 1 saturated carbocycles. The summed E-state index contributed by atoms with van der Waals surface area (Å²) < 4.78 is 5.33. The van der Waals surface area contributed by atoms with Crippen LogP contribution in [-0.2, 0) is 6.42 Å². The van der Waals surface area contributed by atoms with Crippen molar-refractivity contribution in [2.24, 2.45) is 5.92 Å². The van der Waals surface area contributed by atoms with Crippen LogP contribution in [0.15, 0.2) is 24.3 Å². The molecule has 1 aliphatic rings. The van der Waals surface area contributed by atoms with Crippen molar-refractivity contribution in [1.29, 1.82) is 0 Å². The van der Waals surface area contributed by atoms with Crippen LogP contribution in [0, 0.1) is 5.92 Å². The number of rotatable bonds is 6. The zero-order valence-corrected chi connectivity index (χ0v) is 13.0. The molecule has 2 unspecified atom stereocenters. The average Bonchev–Trinajstić information content (AvgIpc) is 2.70. The number of ether oxygens (including phenoxy) is 1. The fraction of sp³-hybridized carbons (Fsp3) is 0.667. The molecule has 0 aromatic heterocycles. The summed E-state index contributed by atoms with van der Waals surface area (Å²) in [6, 6.07) is 9.30. The fourth-order valence-electron chi connectivity index (χ4n) is 3.31. The van der Waals surface area contributed by atoms with Gasteiger partial charge >= 0.3 is 0 Å². The Kier molecular flexibility index (Phi) is 6.38. The Hall–Kier alpha value is -1.02. The van der Waals surface area contributed by atoms with Crippen LogP contribution >= 0.6 is 0 Å². The molecule has 1 aromatic rings. The van der Waals surface area contributed by atoms with E-state index in [9.17, 15) is 0 Å². The van der Waals surface area contributed by atoms with E-state index in [1.54, 1.807) is 7.11 Å². The molecule has 0 amide bonds. The number of methoxy groups -OCH3 is 1. The second-order valence-electron chi connectivity index (χ2n) is 6.09. The van der Waals surface area contributed by atoms with Crippen molar-refractivity contribution in [3.05, 3.63) is 29.8 Å². The summed E-state index contributed by atoms with van der Waals surface area (Å²) in [4.78, 5) is 0. The summed E-state index contributed by atoms with van der Waals surface area (Å²) in [6.45, 7) is 3.41. The molecule has 0 spiro atoms. The predicted molar refractivity (Wildman–Crippen MR) is 85.4 cm³/mol. The van der Waals surface area contributed by atoms with Crippen molar-refractivity contribution in [2.45, 2.75) is 57.9 Å². The van der Waals surface area contributed by atoms with E-state index in [4.69, 9.17) is 4.74 Å². The second-order valence-corrected chi connectivity index (χ2v) is 6.09. The van der Waals surface area contributed by atoms with Crippen LogP contribution in [-0.4, -0.2) is 19.7 Å². The Balaban J connectivity index is 1.92. The minimum Gasteiger partial charge on any atom is -0.497 e. The summed E-state index contributed by atoms with van der Waals surface area (Å²) in [7, 11) is 1.75. The van der Waals surface area contributed by atoms with E-state index in [1.807, 2.05) is 6.07 Å². The standard InChI is InChI=1S/C18H29NO/c1-3-11-19-17-9-5-4-7-15(13-17)12-16-8-6-10-18(14-16)20-2/h6,8,10,14-15,17,19H,3-5,7,9,11-13H2,1-2H3. The highest BCUT2D eigenvalue weighted by atomic mass is 16.5. The van der Waals surface area contributed by atoms with Gasteiger partial charge in [0.25, 0.3) is 0 Å². The van der Waals surface area contributed by atoms with Crippen molar-refractivity contribution in [3.8, 4) is 5.75 Å². The number of hydrogen-bond donors (Lipinski definition) is 1. The van der Waals surface area contributed by atoms with Gasteiger partial charge in [-0.1, -0.05) is 38.3 Å². The first-order valence-corrected chi connectivity index (χ1v) is 8.18. The van der Waals surface area contributed by atoms with Crippen LogP contribution in [0.3, 0.4) is 0 Å². The first kappa shape index (κ1) is 15.4. The van der Waals surface area contributed by atoms with E-state index >= 15 is 0 Å². The molecule has 2 rings (SSSR count). The molecular weight excluding hydrogens is 246 g/mol. The van der Waals surface area contributed by atoms with Crippen LogP contribution in [0.1, 0.15) is 51.0 Å². The molecule has 2 heteroatoms. The lowest BCUT2D eigenvalue weighted by Gasteiger charge is -2.21. The van der Waals surface area contributed by atoms with Crippen LogP contribution in [0.2, 0.25) is 0 Å². The normalized spacial score (nSPS) is 23.3. The summed E-state index contributed by atoms with van der Waals surface area (Å²) in [5.74, 6) is 1.80. The third kappa shape index (κ3) is 4.82. The highest BCUT2D eigenvalue weighted by Crippen LogP contribution is 2.27. The van der Waals surface area contributed by atoms with Crippen molar-refractivity contribution in [3.63, 3.8) is 0 Å². The summed E-state index contributed by atoms with van der Waals surface area (Å²) in [5, 5.41) is 3.72. The van der Waals surface area contributed by atoms with Gasteiger partial charge in [0, 0.05) is 6.04 Å². The van der Waals surface area contributed by atoms with Crippen molar-refractivity contribution in [1.82, 2.24) is 5.32 Å². The van der Waals surface area contributed by atoms with Crippen LogP contribution in [0.25, 0.3) is 0 Å². The zero-order chi connectivity index (χ0) is 14.2. The molecule has 2 atom stereocenters. The van der Waals surface area contributed by atoms with Gasteiger partial charge in [0.05, 0.1) is 7.11 Å². The smallest absolute Gasteiger partial charge is 0.119 e. The van der Waals surface area contributed by atoms with E-state index in [0.717, 1.165) is 24.3 Å². The molecule has 1 fully saturated rings. The van der Waals surface area contributed by atoms with Gasteiger partial charge in [0.15, 0.2) is 0 Å². The SMILES string of the molecule is CCCNC1CCCCC(Cc2cccc(OC)c2)C1. The van der Waals surface area contributed by atoms with E-state index in [-0.39, 0.29) is 0 Å². The zero-order valence-electron chi connectivity index (χ0n) is 13.0. The Bertz CT molecular complexity index is 391. The molecule has 0 aliphatic heterocycles. The van der Waals surface area contributed by atoms with Crippen molar-refractivity contribution >= 4 is 0 Å². The summed E-state index contributed by atoms with van der Waals surface area (Å²) in [5.41, 5.74) is 1.42. The van der Waals surface area contributed by atoms with E-state index in [2.05, 4.69) is 30.4 Å². The molecule has 112 valence electrons. The molecule has 1 aliphatic carbocycles. The van der Waals surface area contributed by atoms with Crippen LogP contribution < -0.4 is 10.1 Å². The Labute approximate surface area is 123 Å². The fourth-order valence-corrected chi connectivity index (χ4v) is 3.31. The second kappa shape index (κ2) is 8.31. The Morgan fingerprint density at radius 3 is 2.90 bits per heavy atom. The molecular formula is C18H29NO. The van der Waals surface area contributed by atoms with Gasteiger partial charge in [0.1, 0.15) is 5.75 Å². The maximum absolute atomic E-state index is 5.33. The predicted octanol–water partition coefficient (Wildman–Crippen LogP) is 4.19. The number of benzene rings is 1. The number of hydrogen-bond acceptors (Lipinski definition) is 2. The molecule has 20 heavy (non-hydrogen) atoms. The molecule has 1 N–H and O–H groups in total. The Morgan fingerprint density at radius 1 is 1.25 bits per heavy atom.